The number of benzene rings is 2. The lowest BCUT2D eigenvalue weighted by molar-refractivity contribution is 0.602. The molecule has 0 radical (unpaired) electrons. The van der Waals surface area contributed by atoms with E-state index >= 15 is 0 Å². The molecule has 0 fully saturated rings. The highest BCUT2D eigenvalue weighted by molar-refractivity contribution is 7.90. The normalized spacial score (nSPS) is 10.9. The highest BCUT2D eigenvalue weighted by Crippen LogP contribution is 2.24. The summed E-state index contributed by atoms with van der Waals surface area (Å²) in [6.07, 6.45) is 6.60. The third-order valence-electron chi connectivity index (χ3n) is 4.05. The first kappa shape index (κ1) is 20.9. The Balaban J connectivity index is 0.00000131. The molecule has 0 saturated carbocycles. The summed E-state index contributed by atoms with van der Waals surface area (Å²) in [5.41, 5.74) is 3.60. The Labute approximate surface area is 169 Å². The topological polar surface area (TPSA) is 64.8 Å². The molecule has 0 spiro atoms. The molecule has 4 rings (SSSR count). The number of nitrogens with zero attached hydrogens (tertiary/aromatic N) is 3. The van der Waals surface area contributed by atoms with Crippen molar-refractivity contribution in [2.24, 2.45) is 0 Å². The number of hydrogen-bond donors (Lipinski definition) is 0. The fourth-order valence-corrected chi connectivity index (χ4v) is 3.35. The molecule has 8 heteroatoms. The molecule has 2 aromatic heterocycles. The van der Waals surface area contributed by atoms with Gasteiger partial charge >= 0.3 is 0 Å². The Morgan fingerprint density at radius 3 is 2.30 bits per heavy atom. The zero-order valence-corrected chi connectivity index (χ0v) is 16.8. The second kappa shape index (κ2) is 8.08. The van der Waals surface area contributed by atoms with Crippen LogP contribution in [0.1, 0.15) is 0 Å². The number of rotatable bonds is 3. The number of imidazole rings is 1. The van der Waals surface area contributed by atoms with E-state index in [-0.39, 0.29) is 24.8 Å². The fraction of sp³-hybridized carbons (Fsp3) is 0.0526. The number of fused-ring (bicyclic) bond motifs is 1. The van der Waals surface area contributed by atoms with Crippen molar-refractivity contribution in [3.05, 3.63) is 73.3 Å². The maximum absolute atomic E-state index is 11.6. The first-order chi connectivity index (χ1) is 12.0. The molecule has 0 atom stereocenters. The van der Waals surface area contributed by atoms with Crippen molar-refractivity contribution in [1.82, 2.24) is 14.5 Å². The zero-order valence-electron chi connectivity index (χ0n) is 14.3. The van der Waals surface area contributed by atoms with Gasteiger partial charge in [-0.1, -0.05) is 18.2 Å². The van der Waals surface area contributed by atoms with Crippen LogP contribution in [-0.2, 0) is 9.84 Å². The first-order valence-corrected chi connectivity index (χ1v) is 9.59. The van der Waals surface area contributed by atoms with Gasteiger partial charge in [0.2, 0.25) is 0 Å². The van der Waals surface area contributed by atoms with Crippen molar-refractivity contribution in [2.45, 2.75) is 4.90 Å². The van der Waals surface area contributed by atoms with E-state index in [1.807, 2.05) is 35.0 Å². The van der Waals surface area contributed by atoms with Gasteiger partial charge in [-0.2, -0.15) is 0 Å². The van der Waals surface area contributed by atoms with Gasteiger partial charge in [-0.15, -0.1) is 24.8 Å². The van der Waals surface area contributed by atoms with E-state index in [1.54, 1.807) is 36.8 Å². The van der Waals surface area contributed by atoms with Gasteiger partial charge in [0.25, 0.3) is 0 Å². The maximum atomic E-state index is 11.6. The molecule has 0 aliphatic rings. The highest BCUT2D eigenvalue weighted by Gasteiger charge is 2.08. The quantitative estimate of drug-likeness (QED) is 0.493. The zero-order chi connectivity index (χ0) is 17.4. The Bertz CT molecular complexity index is 1160. The number of sulfone groups is 1. The molecule has 27 heavy (non-hydrogen) atoms. The van der Waals surface area contributed by atoms with E-state index in [4.69, 9.17) is 0 Å². The first-order valence-electron chi connectivity index (χ1n) is 7.70. The van der Waals surface area contributed by atoms with Gasteiger partial charge in [0.15, 0.2) is 9.84 Å². The predicted molar refractivity (Wildman–Crippen MR) is 112 cm³/mol. The van der Waals surface area contributed by atoms with Crippen LogP contribution in [0.2, 0.25) is 0 Å². The Kier molecular flexibility index (Phi) is 6.26. The van der Waals surface area contributed by atoms with Gasteiger partial charge in [0.05, 0.1) is 22.4 Å². The van der Waals surface area contributed by atoms with E-state index in [0.29, 0.717) is 4.90 Å². The lowest BCUT2D eigenvalue weighted by Crippen LogP contribution is -1.96. The van der Waals surface area contributed by atoms with Crippen LogP contribution in [0.25, 0.3) is 27.8 Å². The maximum Gasteiger partial charge on any atom is 0.175 e. The van der Waals surface area contributed by atoms with Gasteiger partial charge < -0.3 is 4.57 Å². The van der Waals surface area contributed by atoms with Crippen molar-refractivity contribution in [2.75, 3.05) is 6.26 Å². The van der Waals surface area contributed by atoms with Crippen LogP contribution in [0, 0.1) is 0 Å². The van der Waals surface area contributed by atoms with Gasteiger partial charge in [0, 0.05) is 35.3 Å². The molecule has 0 N–H and O–H groups in total. The summed E-state index contributed by atoms with van der Waals surface area (Å²) in [7, 11) is -3.19. The molecule has 2 aromatic carbocycles. The number of pyridine rings is 1. The molecule has 5 nitrogen and oxygen atoms in total. The van der Waals surface area contributed by atoms with Crippen molar-refractivity contribution in [3.63, 3.8) is 0 Å². The van der Waals surface area contributed by atoms with Crippen LogP contribution in [0.4, 0.5) is 0 Å². The minimum absolute atomic E-state index is 0. The second-order valence-corrected chi connectivity index (χ2v) is 7.86. The third kappa shape index (κ3) is 4.30. The molecular formula is C19H17Cl2N3O2S. The highest BCUT2D eigenvalue weighted by atomic mass is 35.5. The van der Waals surface area contributed by atoms with Crippen molar-refractivity contribution >= 4 is 45.6 Å². The third-order valence-corrected chi connectivity index (χ3v) is 5.18. The number of aromatic nitrogens is 3. The molecular weight excluding hydrogens is 405 g/mol. The number of hydrogen-bond acceptors (Lipinski definition) is 4. The SMILES string of the molecule is CS(=O)(=O)c1ccc(-c2ccc3cc(-n4ccnc4)ccc3n2)cc1.Cl.Cl. The molecule has 0 aliphatic heterocycles. The lowest BCUT2D eigenvalue weighted by Gasteiger charge is -2.07. The lowest BCUT2D eigenvalue weighted by atomic mass is 10.1. The van der Waals surface area contributed by atoms with Gasteiger partial charge in [0.1, 0.15) is 0 Å². The van der Waals surface area contributed by atoms with Gasteiger partial charge in [-0.3, -0.25) is 0 Å². The van der Waals surface area contributed by atoms with E-state index < -0.39 is 9.84 Å². The minimum atomic E-state index is -3.19. The predicted octanol–water partition coefficient (Wildman–Crippen LogP) is 4.33. The number of halogens is 2. The molecule has 0 bridgehead atoms. The van der Waals surface area contributed by atoms with E-state index in [2.05, 4.69) is 16.0 Å². The van der Waals surface area contributed by atoms with Crippen molar-refractivity contribution in [1.29, 1.82) is 0 Å². The molecule has 4 aromatic rings. The smallest absolute Gasteiger partial charge is 0.175 e. The van der Waals surface area contributed by atoms with Crippen molar-refractivity contribution in [3.8, 4) is 16.9 Å². The largest absolute Gasteiger partial charge is 0.306 e. The van der Waals surface area contributed by atoms with E-state index in [9.17, 15) is 8.42 Å². The summed E-state index contributed by atoms with van der Waals surface area (Å²) in [4.78, 5) is 9.05. The second-order valence-electron chi connectivity index (χ2n) is 5.84. The molecule has 0 saturated heterocycles. The van der Waals surface area contributed by atoms with Gasteiger partial charge in [-0.25, -0.2) is 18.4 Å². The Morgan fingerprint density at radius 1 is 0.926 bits per heavy atom. The fourth-order valence-electron chi connectivity index (χ4n) is 2.72. The summed E-state index contributed by atoms with van der Waals surface area (Å²) in [6, 6.07) is 16.8. The molecule has 0 amide bonds. The van der Waals surface area contributed by atoms with E-state index in [1.165, 1.54) is 6.26 Å². The molecule has 140 valence electrons. The summed E-state index contributed by atoms with van der Waals surface area (Å²) < 4.78 is 25.1. The molecule has 2 heterocycles. The van der Waals surface area contributed by atoms with Crippen LogP contribution < -0.4 is 0 Å². The van der Waals surface area contributed by atoms with Crippen LogP contribution in [0.5, 0.6) is 0 Å². The molecule has 0 unspecified atom stereocenters. The van der Waals surface area contributed by atoms with E-state index in [0.717, 1.165) is 27.8 Å². The Morgan fingerprint density at radius 2 is 1.67 bits per heavy atom. The van der Waals surface area contributed by atoms with Gasteiger partial charge in [-0.05, 0) is 36.4 Å². The minimum Gasteiger partial charge on any atom is -0.306 e. The monoisotopic (exact) mass is 421 g/mol. The van der Waals surface area contributed by atoms with Crippen molar-refractivity contribution < 1.29 is 8.42 Å². The average Bonchev–Trinajstić information content (AvgIpc) is 3.15. The standard InChI is InChI=1S/C19H15N3O2S.2ClH/c1-25(23,24)17-6-2-14(3-7-17)18-8-4-15-12-16(5-9-19(15)21-18)22-11-10-20-13-22;;/h2-13H,1H3;2*1H. The van der Waals surface area contributed by atoms with Crippen LogP contribution in [-0.4, -0.2) is 29.2 Å². The van der Waals surface area contributed by atoms with Crippen LogP contribution in [0.15, 0.2) is 78.2 Å². The Hall–Kier alpha value is -2.41. The average molecular weight is 422 g/mol. The van der Waals surface area contributed by atoms with Crippen LogP contribution >= 0.6 is 24.8 Å². The summed E-state index contributed by atoms with van der Waals surface area (Å²) in [5.74, 6) is 0. The summed E-state index contributed by atoms with van der Waals surface area (Å²) in [6.45, 7) is 0. The summed E-state index contributed by atoms with van der Waals surface area (Å²) >= 11 is 0. The summed E-state index contributed by atoms with van der Waals surface area (Å²) in [5, 5.41) is 1.03. The molecule has 0 aliphatic carbocycles. The van der Waals surface area contributed by atoms with Crippen LogP contribution in [0.3, 0.4) is 0 Å².